The van der Waals surface area contributed by atoms with Gasteiger partial charge in [-0.2, -0.15) is 8.78 Å². The van der Waals surface area contributed by atoms with E-state index in [1.165, 1.54) is 7.11 Å². The van der Waals surface area contributed by atoms with Gasteiger partial charge in [-0.15, -0.1) is 24.0 Å². The lowest BCUT2D eigenvalue weighted by Crippen LogP contribution is -2.40. The largest absolute Gasteiger partial charge is 0.493 e. The molecule has 0 saturated carbocycles. The van der Waals surface area contributed by atoms with Gasteiger partial charge in [-0.05, 0) is 37.5 Å². The predicted molar refractivity (Wildman–Crippen MR) is 127 cm³/mol. The molecule has 0 bridgehead atoms. The number of hydrogen-bond donors (Lipinski definition) is 1. The van der Waals surface area contributed by atoms with Crippen molar-refractivity contribution in [2.45, 2.75) is 26.4 Å². The molecule has 7 nitrogen and oxygen atoms in total. The minimum atomic E-state index is -2.89. The van der Waals surface area contributed by atoms with Crippen LogP contribution in [0.25, 0.3) is 0 Å². The van der Waals surface area contributed by atoms with Gasteiger partial charge >= 0.3 is 6.61 Å². The molecule has 178 valence electrons. The number of ether oxygens (including phenoxy) is 4. The summed E-state index contributed by atoms with van der Waals surface area (Å²) in [5.74, 6) is 1.67. The van der Waals surface area contributed by atoms with Crippen molar-refractivity contribution in [2.75, 3.05) is 60.2 Å². The molecule has 0 amide bonds. The number of nitrogens with zero attached hydrogens (tertiary/aromatic N) is 2. The van der Waals surface area contributed by atoms with Gasteiger partial charge in [0, 0.05) is 39.2 Å². The molecule has 1 atom stereocenters. The number of aliphatic imine (C=N–C) groups is 1. The van der Waals surface area contributed by atoms with Gasteiger partial charge in [0.1, 0.15) is 0 Å². The molecular formula is C21H34F2IN3O4. The van der Waals surface area contributed by atoms with Gasteiger partial charge in [-0.25, -0.2) is 0 Å². The van der Waals surface area contributed by atoms with Crippen LogP contribution in [0.3, 0.4) is 0 Å². The van der Waals surface area contributed by atoms with E-state index in [4.69, 9.17) is 19.2 Å². The van der Waals surface area contributed by atoms with Crippen LogP contribution in [0.4, 0.5) is 8.78 Å². The lowest BCUT2D eigenvalue weighted by molar-refractivity contribution is -0.0512. The zero-order valence-electron chi connectivity index (χ0n) is 18.4. The number of alkyl halides is 2. The van der Waals surface area contributed by atoms with E-state index in [0.29, 0.717) is 32.1 Å². The van der Waals surface area contributed by atoms with Gasteiger partial charge in [0.25, 0.3) is 0 Å². The number of hydrogen-bond acceptors (Lipinski definition) is 5. The first kappa shape index (κ1) is 27.6. The number of halogens is 3. The molecule has 1 aliphatic rings. The number of nitrogens with one attached hydrogen (secondary N) is 1. The molecule has 1 aliphatic heterocycles. The molecule has 0 aromatic heterocycles. The molecule has 1 unspecified atom stereocenters. The van der Waals surface area contributed by atoms with E-state index >= 15 is 0 Å². The summed E-state index contributed by atoms with van der Waals surface area (Å²) in [5.41, 5.74) is 0.858. The van der Waals surface area contributed by atoms with E-state index in [9.17, 15) is 8.78 Å². The summed E-state index contributed by atoms with van der Waals surface area (Å²) < 4.78 is 45.5. The standard InChI is InChI=1S/C21H33F2N3O4.HI/c1-4-24-21(26-10-8-17(14-26)15-29-12-11-27-2)25-9-7-16-5-6-18(28-3)19(13-16)30-20(22)23;/h5-6,13,17,20H,4,7-12,14-15H2,1-3H3,(H,24,25);1H. The monoisotopic (exact) mass is 557 g/mol. The molecule has 1 N–H and O–H groups in total. The molecule has 0 aliphatic carbocycles. The average molecular weight is 557 g/mol. The lowest BCUT2D eigenvalue weighted by atomic mass is 10.1. The van der Waals surface area contributed by atoms with Crippen LogP contribution in [-0.2, 0) is 15.9 Å². The van der Waals surface area contributed by atoms with E-state index in [1.54, 1.807) is 19.2 Å². The summed E-state index contributed by atoms with van der Waals surface area (Å²) in [7, 11) is 3.09. The fourth-order valence-electron chi connectivity index (χ4n) is 3.33. The molecule has 1 aromatic rings. The Hall–Kier alpha value is -1.40. The maximum Gasteiger partial charge on any atom is 0.387 e. The Labute approximate surface area is 200 Å². The summed E-state index contributed by atoms with van der Waals surface area (Å²) >= 11 is 0. The van der Waals surface area contributed by atoms with Crippen LogP contribution in [0, 0.1) is 5.92 Å². The second kappa shape index (κ2) is 15.4. The zero-order chi connectivity index (χ0) is 21.8. The van der Waals surface area contributed by atoms with Crippen molar-refractivity contribution < 1.29 is 27.7 Å². The number of methoxy groups -OCH3 is 2. The van der Waals surface area contributed by atoms with Crippen LogP contribution in [0.2, 0.25) is 0 Å². The Kier molecular flexibility index (Phi) is 13.7. The van der Waals surface area contributed by atoms with Crippen molar-refractivity contribution >= 4 is 29.9 Å². The molecule has 1 heterocycles. The van der Waals surface area contributed by atoms with E-state index in [2.05, 4.69) is 15.0 Å². The van der Waals surface area contributed by atoms with E-state index in [-0.39, 0.29) is 35.5 Å². The number of benzene rings is 1. The summed E-state index contributed by atoms with van der Waals surface area (Å²) in [4.78, 5) is 6.96. The minimum Gasteiger partial charge on any atom is -0.493 e. The van der Waals surface area contributed by atoms with Crippen molar-refractivity contribution in [2.24, 2.45) is 10.9 Å². The third kappa shape index (κ3) is 9.73. The molecule has 0 spiro atoms. The maximum atomic E-state index is 12.6. The Balaban J connectivity index is 0.00000480. The van der Waals surface area contributed by atoms with Gasteiger partial charge in [0.15, 0.2) is 17.5 Å². The van der Waals surface area contributed by atoms with Crippen LogP contribution < -0.4 is 14.8 Å². The molecule has 1 fully saturated rings. The third-order valence-corrected chi connectivity index (χ3v) is 4.81. The quantitative estimate of drug-likeness (QED) is 0.184. The van der Waals surface area contributed by atoms with Crippen molar-refractivity contribution in [3.8, 4) is 11.5 Å². The van der Waals surface area contributed by atoms with E-state index in [1.807, 2.05) is 13.0 Å². The number of guanidine groups is 1. The molecular weight excluding hydrogens is 523 g/mol. The zero-order valence-corrected chi connectivity index (χ0v) is 20.8. The highest BCUT2D eigenvalue weighted by Gasteiger charge is 2.25. The highest BCUT2D eigenvalue weighted by molar-refractivity contribution is 14.0. The van der Waals surface area contributed by atoms with Crippen LogP contribution in [-0.4, -0.2) is 77.7 Å². The molecule has 2 rings (SSSR count). The Bertz CT molecular complexity index is 668. The van der Waals surface area contributed by atoms with Gasteiger partial charge in [-0.3, -0.25) is 4.99 Å². The fraction of sp³-hybridized carbons (Fsp3) is 0.667. The van der Waals surface area contributed by atoms with Crippen LogP contribution in [0.1, 0.15) is 18.9 Å². The Morgan fingerprint density at radius 1 is 1.26 bits per heavy atom. The SMILES string of the molecule is CCNC(=NCCc1ccc(OC)c(OC(F)F)c1)N1CCC(COCCOC)C1.I. The topological polar surface area (TPSA) is 64.6 Å². The first-order chi connectivity index (χ1) is 14.6. The molecule has 1 aromatic carbocycles. The van der Waals surface area contributed by atoms with Crippen molar-refractivity contribution in [1.29, 1.82) is 0 Å². The third-order valence-electron chi connectivity index (χ3n) is 4.81. The summed E-state index contributed by atoms with van der Waals surface area (Å²) in [6.07, 6.45) is 1.67. The van der Waals surface area contributed by atoms with Crippen molar-refractivity contribution in [3.05, 3.63) is 23.8 Å². The Morgan fingerprint density at radius 2 is 2.06 bits per heavy atom. The second-order valence-corrected chi connectivity index (χ2v) is 7.02. The fourth-order valence-corrected chi connectivity index (χ4v) is 3.33. The van der Waals surface area contributed by atoms with Crippen molar-refractivity contribution in [1.82, 2.24) is 10.2 Å². The van der Waals surface area contributed by atoms with Crippen LogP contribution >= 0.6 is 24.0 Å². The molecule has 0 radical (unpaired) electrons. The Morgan fingerprint density at radius 3 is 2.74 bits per heavy atom. The van der Waals surface area contributed by atoms with Gasteiger partial charge in [-0.1, -0.05) is 6.07 Å². The maximum absolute atomic E-state index is 12.6. The summed E-state index contributed by atoms with van der Waals surface area (Å²) in [6.45, 7) is 4.22. The molecule has 10 heteroatoms. The van der Waals surface area contributed by atoms with E-state index < -0.39 is 6.61 Å². The number of rotatable bonds is 12. The highest BCUT2D eigenvalue weighted by Crippen LogP contribution is 2.29. The number of likely N-dealkylation sites (tertiary alicyclic amines) is 1. The van der Waals surface area contributed by atoms with E-state index in [0.717, 1.165) is 44.2 Å². The normalized spacial score (nSPS) is 16.4. The minimum absolute atomic E-state index is 0. The smallest absolute Gasteiger partial charge is 0.387 e. The highest BCUT2D eigenvalue weighted by atomic mass is 127. The lowest BCUT2D eigenvalue weighted by Gasteiger charge is -2.21. The first-order valence-corrected chi connectivity index (χ1v) is 10.3. The molecule has 31 heavy (non-hydrogen) atoms. The predicted octanol–water partition coefficient (Wildman–Crippen LogP) is 3.41. The first-order valence-electron chi connectivity index (χ1n) is 10.3. The van der Waals surface area contributed by atoms with Gasteiger partial charge < -0.3 is 29.2 Å². The van der Waals surface area contributed by atoms with Crippen LogP contribution in [0.5, 0.6) is 11.5 Å². The van der Waals surface area contributed by atoms with Crippen molar-refractivity contribution in [3.63, 3.8) is 0 Å². The molecule has 1 saturated heterocycles. The average Bonchev–Trinajstić information content (AvgIpc) is 3.19. The van der Waals surface area contributed by atoms with Gasteiger partial charge in [0.05, 0.1) is 26.9 Å². The van der Waals surface area contributed by atoms with Crippen LogP contribution in [0.15, 0.2) is 23.2 Å². The second-order valence-electron chi connectivity index (χ2n) is 7.02. The van der Waals surface area contributed by atoms with Gasteiger partial charge in [0.2, 0.25) is 0 Å². The summed E-state index contributed by atoms with van der Waals surface area (Å²) in [5, 5.41) is 3.33. The summed E-state index contributed by atoms with van der Waals surface area (Å²) in [6, 6.07) is 5.05.